The predicted molar refractivity (Wildman–Crippen MR) is 119 cm³/mol. The molecule has 0 bridgehead atoms. The summed E-state index contributed by atoms with van der Waals surface area (Å²) >= 11 is 0. The van der Waals surface area contributed by atoms with Crippen LogP contribution in [0.15, 0.2) is 65.1 Å². The Labute approximate surface area is 182 Å². The fourth-order valence-corrected chi connectivity index (χ4v) is 5.05. The predicted octanol–water partition coefficient (Wildman–Crippen LogP) is 5.36. The minimum Gasteiger partial charge on any atom is -0.451 e. The summed E-state index contributed by atoms with van der Waals surface area (Å²) < 4.78 is 18.6. The van der Waals surface area contributed by atoms with Gasteiger partial charge in [-0.1, -0.05) is 48.5 Å². The van der Waals surface area contributed by atoms with Crippen molar-refractivity contribution < 1.29 is 18.7 Å². The quantitative estimate of drug-likeness (QED) is 0.571. The Kier molecular flexibility index (Phi) is 5.55. The van der Waals surface area contributed by atoms with Crippen LogP contribution in [0.2, 0.25) is 0 Å². The fourth-order valence-electron chi connectivity index (χ4n) is 5.05. The van der Waals surface area contributed by atoms with E-state index >= 15 is 0 Å². The Hall–Kier alpha value is -2.63. The molecule has 2 atom stereocenters. The molecule has 1 aromatic heterocycles. The van der Waals surface area contributed by atoms with Crippen molar-refractivity contribution in [1.82, 2.24) is 4.90 Å². The number of benzene rings is 2. The zero-order chi connectivity index (χ0) is 21.3. The van der Waals surface area contributed by atoms with E-state index in [1.54, 1.807) is 0 Å². The van der Waals surface area contributed by atoms with Crippen LogP contribution in [0, 0.1) is 0 Å². The lowest BCUT2D eigenvalue weighted by molar-refractivity contribution is -0.190. The average molecular weight is 420 g/mol. The Morgan fingerprint density at radius 2 is 1.84 bits per heavy atom. The lowest BCUT2D eigenvalue weighted by Gasteiger charge is -2.48. The Bertz CT molecular complexity index is 1000. The minimum atomic E-state index is -0.247. The van der Waals surface area contributed by atoms with Crippen molar-refractivity contribution in [3.8, 4) is 0 Å². The van der Waals surface area contributed by atoms with Crippen LogP contribution < -0.4 is 0 Å². The zero-order valence-corrected chi connectivity index (χ0v) is 18.0. The van der Waals surface area contributed by atoms with E-state index < -0.39 is 0 Å². The van der Waals surface area contributed by atoms with Crippen LogP contribution in [0.5, 0.6) is 0 Å². The number of carbonyl (C=O) groups is 1. The van der Waals surface area contributed by atoms with Gasteiger partial charge in [-0.3, -0.25) is 4.79 Å². The number of likely N-dealkylation sites (tertiary alicyclic amines) is 1. The molecule has 0 aliphatic carbocycles. The molecule has 2 aromatic carbocycles. The van der Waals surface area contributed by atoms with Crippen molar-refractivity contribution in [2.24, 2.45) is 0 Å². The molecular formula is C26H29NO4. The number of amides is 1. The number of hydrogen-bond donors (Lipinski definition) is 0. The largest absolute Gasteiger partial charge is 0.451 e. The van der Waals surface area contributed by atoms with Crippen molar-refractivity contribution in [3.63, 3.8) is 0 Å². The Morgan fingerprint density at radius 3 is 2.58 bits per heavy atom. The molecule has 0 saturated carbocycles. The van der Waals surface area contributed by atoms with Gasteiger partial charge in [0.1, 0.15) is 5.58 Å². The van der Waals surface area contributed by atoms with E-state index in [9.17, 15) is 4.79 Å². The van der Waals surface area contributed by atoms with Crippen molar-refractivity contribution in [3.05, 3.63) is 72.0 Å². The highest BCUT2D eigenvalue weighted by molar-refractivity contribution is 5.96. The zero-order valence-electron chi connectivity index (χ0n) is 18.0. The standard InChI is InChI=1S/C26H29NO4/c1-2-29-21-17-23(19-8-4-3-5-9-19)31-26(18-21)12-14-27(15-13-26)25(28)24-16-20-10-6-7-11-22(20)30-24/h3-11,16,21,23H,2,12-15,17-18H2,1H3. The normalized spacial score (nSPS) is 23.3. The smallest absolute Gasteiger partial charge is 0.289 e. The SMILES string of the molecule is CCOC1CC(c2ccccc2)OC2(CCN(C(=O)c3cc4ccccc4o3)CC2)C1. The second-order valence-electron chi connectivity index (χ2n) is 8.66. The highest BCUT2D eigenvalue weighted by atomic mass is 16.5. The fraction of sp³-hybridized carbons (Fsp3) is 0.423. The third-order valence-electron chi connectivity index (χ3n) is 6.64. The van der Waals surface area contributed by atoms with E-state index in [0.717, 1.165) is 36.7 Å². The maximum absolute atomic E-state index is 13.1. The van der Waals surface area contributed by atoms with E-state index in [4.69, 9.17) is 13.9 Å². The summed E-state index contributed by atoms with van der Waals surface area (Å²) in [4.78, 5) is 15.0. The van der Waals surface area contributed by atoms with Gasteiger partial charge >= 0.3 is 0 Å². The van der Waals surface area contributed by atoms with Crippen LogP contribution in [-0.2, 0) is 9.47 Å². The van der Waals surface area contributed by atoms with Crippen molar-refractivity contribution in [2.75, 3.05) is 19.7 Å². The van der Waals surface area contributed by atoms with Crippen LogP contribution >= 0.6 is 0 Å². The number of hydrogen-bond acceptors (Lipinski definition) is 4. The summed E-state index contributed by atoms with van der Waals surface area (Å²) in [5.41, 5.74) is 1.70. The summed E-state index contributed by atoms with van der Waals surface area (Å²) in [5, 5.41) is 0.959. The third-order valence-corrected chi connectivity index (χ3v) is 6.64. The number of nitrogens with zero attached hydrogens (tertiary/aromatic N) is 1. The minimum absolute atomic E-state index is 0.0316. The van der Waals surface area contributed by atoms with Crippen LogP contribution in [-0.4, -0.2) is 42.2 Å². The molecule has 3 aromatic rings. The second-order valence-corrected chi connectivity index (χ2v) is 8.66. The Morgan fingerprint density at radius 1 is 1.10 bits per heavy atom. The number of carbonyl (C=O) groups excluding carboxylic acids is 1. The molecule has 2 saturated heterocycles. The van der Waals surface area contributed by atoms with Crippen molar-refractivity contribution in [2.45, 2.75) is 50.4 Å². The van der Waals surface area contributed by atoms with Crippen LogP contribution in [0.1, 0.15) is 54.8 Å². The number of furan rings is 1. The van der Waals surface area contributed by atoms with Gasteiger partial charge in [-0.25, -0.2) is 0 Å². The molecule has 1 spiro atoms. The molecule has 5 heteroatoms. The molecule has 31 heavy (non-hydrogen) atoms. The van der Waals surface area contributed by atoms with Gasteiger partial charge in [-0.15, -0.1) is 0 Å². The number of ether oxygens (including phenoxy) is 2. The first-order valence-electron chi connectivity index (χ1n) is 11.3. The molecule has 5 nitrogen and oxygen atoms in total. The van der Waals surface area contributed by atoms with Gasteiger partial charge in [-0.05, 0) is 37.5 Å². The maximum atomic E-state index is 13.1. The number of piperidine rings is 1. The van der Waals surface area contributed by atoms with Gasteiger partial charge in [-0.2, -0.15) is 0 Å². The van der Waals surface area contributed by atoms with E-state index in [0.29, 0.717) is 25.5 Å². The highest BCUT2D eigenvalue weighted by Crippen LogP contribution is 2.44. The topological polar surface area (TPSA) is 51.9 Å². The van der Waals surface area contributed by atoms with Gasteiger partial charge < -0.3 is 18.8 Å². The van der Waals surface area contributed by atoms with Gasteiger partial charge in [0.2, 0.25) is 0 Å². The first-order chi connectivity index (χ1) is 15.2. The van der Waals surface area contributed by atoms with E-state index in [-0.39, 0.29) is 23.7 Å². The van der Waals surface area contributed by atoms with Crippen molar-refractivity contribution in [1.29, 1.82) is 0 Å². The van der Waals surface area contributed by atoms with Gasteiger partial charge in [0.15, 0.2) is 5.76 Å². The second kappa shape index (κ2) is 8.48. The molecule has 2 aliphatic heterocycles. The van der Waals surface area contributed by atoms with Crippen LogP contribution in [0.3, 0.4) is 0 Å². The molecule has 2 aliphatic rings. The molecular weight excluding hydrogens is 390 g/mol. The maximum Gasteiger partial charge on any atom is 0.289 e. The third kappa shape index (κ3) is 4.12. The number of rotatable bonds is 4. The average Bonchev–Trinajstić information content (AvgIpc) is 3.24. The molecule has 162 valence electrons. The van der Waals surface area contributed by atoms with Gasteiger partial charge in [0.25, 0.3) is 5.91 Å². The van der Waals surface area contributed by atoms with Crippen LogP contribution in [0.4, 0.5) is 0 Å². The van der Waals surface area contributed by atoms with E-state index in [1.165, 1.54) is 5.56 Å². The summed E-state index contributed by atoms with van der Waals surface area (Å²) in [7, 11) is 0. The molecule has 2 unspecified atom stereocenters. The van der Waals surface area contributed by atoms with Crippen LogP contribution in [0.25, 0.3) is 11.0 Å². The molecule has 0 N–H and O–H groups in total. The molecule has 3 heterocycles. The van der Waals surface area contributed by atoms with E-state index in [1.807, 2.05) is 48.2 Å². The highest BCUT2D eigenvalue weighted by Gasteiger charge is 2.45. The van der Waals surface area contributed by atoms with E-state index in [2.05, 4.69) is 24.3 Å². The lowest BCUT2D eigenvalue weighted by Crippen LogP contribution is -2.52. The summed E-state index contributed by atoms with van der Waals surface area (Å²) in [6.07, 6.45) is 3.60. The van der Waals surface area contributed by atoms with Gasteiger partial charge in [0.05, 0.1) is 17.8 Å². The number of para-hydroxylation sites is 1. The summed E-state index contributed by atoms with van der Waals surface area (Å²) in [5.74, 6) is 0.374. The first-order valence-corrected chi connectivity index (χ1v) is 11.3. The molecule has 5 rings (SSSR count). The molecule has 1 amide bonds. The van der Waals surface area contributed by atoms with Crippen molar-refractivity contribution >= 4 is 16.9 Å². The molecule has 2 fully saturated rings. The van der Waals surface area contributed by atoms with Gasteiger partial charge in [0, 0.05) is 37.9 Å². The molecule has 0 radical (unpaired) electrons. The first kappa shape index (κ1) is 20.3. The summed E-state index contributed by atoms with van der Waals surface area (Å²) in [6, 6.07) is 20.0. The summed E-state index contributed by atoms with van der Waals surface area (Å²) in [6.45, 7) is 4.08. The number of fused-ring (bicyclic) bond motifs is 1. The lowest BCUT2D eigenvalue weighted by atomic mass is 9.80. The monoisotopic (exact) mass is 419 g/mol. The Balaban J connectivity index is 1.30.